The first-order valence-electron chi connectivity index (χ1n) is 6.95. The molecule has 1 unspecified atom stereocenters. The van der Waals surface area contributed by atoms with Gasteiger partial charge in [0.15, 0.2) is 0 Å². The fraction of sp³-hybridized carbons (Fsp3) is 0.467. The molecule has 0 radical (unpaired) electrons. The summed E-state index contributed by atoms with van der Waals surface area (Å²) >= 11 is 12.1. The Hall–Kier alpha value is -1.28. The van der Waals surface area contributed by atoms with E-state index in [1.165, 1.54) is 0 Å². The maximum absolute atomic E-state index is 12.5. The second kappa shape index (κ2) is 6.65. The molecule has 0 aliphatic carbocycles. The summed E-state index contributed by atoms with van der Waals surface area (Å²) in [6.45, 7) is 7.20. The Kier molecular flexibility index (Phi) is 5.10. The van der Waals surface area contributed by atoms with Crippen molar-refractivity contribution < 1.29 is 4.79 Å². The fourth-order valence-electron chi connectivity index (χ4n) is 2.60. The first-order valence-corrected chi connectivity index (χ1v) is 7.71. The summed E-state index contributed by atoms with van der Waals surface area (Å²) in [6, 6.07) is 4.95. The van der Waals surface area contributed by atoms with Crippen LogP contribution in [0.25, 0.3) is 0 Å². The van der Waals surface area contributed by atoms with Gasteiger partial charge in [-0.2, -0.15) is 5.26 Å². The number of amides is 1. The average Bonchev–Trinajstić information content (AvgIpc) is 2.76. The van der Waals surface area contributed by atoms with Gasteiger partial charge in [0.05, 0.1) is 21.7 Å². The number of nitriles is 1. The van der Waals surface area contributed by atoms with Crippen LogP contribution in [0.15, 0.2) is 12.1 Å². The van der Waals surface area contributed by atoms with E-state index in [-0.39, 0.29) is 10.9 Å². The normalized spacial score (nSPS) is 17.2. The largest absolute Gasteiger partial charge is 0.317 e. The van der Waals surface area contributed by atoms with E-state index in [1.807, 2.05) is 0 Å². The van der Waals surface area contributed by atoms with Crippen molar-refractivity contribution in [3.63, 3.8) is 0 Å². The van der Waals surface area contributed by atoms with Crippen molar-refractivity contribution in [2.45, 2.75) is 19.9 Å². The lowest BCUT2D eigenvalue weighted by Crippen LogP contribution is -2.36. The van der Waals surface area contributed by atoms with E-state index in [4.69, 9.17) is 23.2 Å². The lowest BCUT2D eigenvalue weighted by atomic mass is 10.1. The van der Waals surface area contributed by atoms with E-state index in [2.05, 4.69) is 24.8 Å². The van der Waals surface area contributed by atoms with Crippen LogP contribution in [0.4, 0.5) is 0 Å². The molecule has 1 heterocycles. The van der Waals surface area contributed by atoms with Gasteiger partial charge in [0.25, 0.3) is 5.91 Å². The third-order valence-electron chi connectivity index (χ3n) is 3.88. The molecule has 1 aliphatic rings. The monoisotopic (exact) mass is 325 g/mol. The quantitative estimate of drug-likeness (QED) is 0.834. The number of halogens is 2. The Morgan fingerprint density at radius 3 is 2.57 bits per heavy atom. The van der Waals surface area contributed by atoms with Crippen molar-refractivity contribution >= 4 is 29.1 Å². The molecule has 1 aromatic carbocycles. The number of rotatable bonds is 5. The Labute approximate surface area is 134 Å². The zero-order valence-electron chi connectivity index (χ0n) is 12.1. The number of benzene rings is 1. The molecule has 1 atom stereocenters. The second-order valence-electron chi connectivity index (χ2n) is 4.88. The summed E-state index contributed by atoms with van der Waals surface area (Å²) < 4.78 is 0. The van der Waals surface area contributed by atoms with Gasteiger partial charge in [0.2, 0.25) is 0 Å². The highest BCUT2D eigenvalue weighted by Gasteiger charge is 2.38. The average molecular weight is 326 g/mol. The van der Waals surface area contributed by atoms with Crippen LogP contribution in [0.2, 0.25) is 10.0 Å². The van der Waals surface area contributed by atoms with Gasteiger partial charge in [-0.3, -0.25) is 4.79 Å². The first-order chi connectivity index (χ1) is 10.0. The van der Waals surface area contributed by atoms with Crippen LogP contribution < -0.4 is 0 Å². The summed E-state index contributed by atoms with van der Waals surface area (Å²) in [5.41, 5.74) is 1.02. The van der Waals surface area contributed by atoms with E-state index >= 15 is 0 Å². The molecule has 21 heavy (non-hydrogen) atoms. The van der Waals surface area contributed by atoms with Crippen molar-refractivity contribution in [2.24, 2.45) is 0 Å². The zero-order valence-corrected chi connectivity index (χ0v) is 13.6. The molecule has 2 rings (SSSR count). The van der Waals surface area contributed by atoms with Crippen LogP contribution >= 0.6 is 23.2 Å². The van der Waals surface area contributed by atoms with Crippen LogP contribution in [0.5, 0.6) is 0 Å². The van der Waals surface area contributed by atoms with Gasteiger partial charge >= 0.3 is 0 Å². The lowest BCUT2D eigenvalue weighted by Gasteiger charge is -2.24. The SMILES string of the molecule is CCN(CC)CCN1C(=O)c2c(ccc(Cl)c2Cl)C1C#N. The Balaban J connectivity index is 2.28. The molecule has 1 amide bonds. The van der Waals surface area contributed by atoms with Crippen molar-refractivity contribution in [1.29, 1.82) is 5.26 Å². The first kappa shape index (κ1) is 16.1. The number of hydrogen-bond acceptors (Lipinski definition) is 3. The van der Waals surface area contributed by atoms with Gasteiger partial charge in [-0.25, -0.2) is 0 Å². The van der Waals surface area contributed by atoms with E-state index in [9.17, 15) is 10.1 Å². The van der Waals surface area contributed by atoms with Gasteiger partial charge in [0, 0.05) is 18.7 Å². The fourth-order valence-corrected chi connectivity index (χ4v) is 3.01. The summed E-state index contributed by atoms with van der Waals surface area (Å²) in [4.78, 5) is 16.3. The molecule has 0 N–H and O–H groups in total. The summed E-state index contributed by atoms with van der Waals surface area (Å²) in [5.74, 6) is -0.212. The third-order valence-corrected chi connectivity index (χ3v) is 4.69. The minimum Gasteiger partial charge on any atom is -0.317 e. The summed E-state index contributed by atoms with van der Waals surface area (Å²) in [7, 11) is 0. The third kappa shape index (κ3) is 2.87. The van der Waals surface area contributed by atoms with Gasteiger partial charge in [-0.1, -0.05) is 43.1 Å². The van der Waals surface area contributed by atoms with Crippen molar-refractivity contribution in [1.82, 2.24) is 9.80 Å². The highest BCUT2D eigenvalue weighted by Crippen LogP contribution is 2.39. The highest BCUT2D eigenvalue weighted by atomic mass is 35.5. The predicted molar refractivity (Wildman–Crippen MR) is 83.6 cm³/mol. The molecule has 0 saturated carbocycles. The van der Waals surface area contributed by atoms with Crippen LogP contribution in [0.3, 0.4) is 0 Å². The molecular weight excluding hydrogens is 309 g/mol. The van der Waals surface area contributed by atoms with Crippen molar-refractivity contribution in [3.8, 4) is 6.07 Å². The molecule has 112 valence electrons. The Morgan fingerprint density at radius 1 is 1.33 bits per heavy atom. The molecule has 0 aromatic heterocycles. The maximum Gasteiger partial charge on any atom is 0.257 e. The predicted octanol–water partition coefficient (Wildman–Crippen LogP) is 3.36. The molecule has 1 aliphatic heterocycles. The maximum atomic E-state index is 12.5. The number of hydrogen-bond donors (Lipinski definition) is 0. The van der Waals surface area contributed by atoms with E-state index < -0.39 is 6.04 Å². The van der Waals surface area contributed by atoms with Crippen LogP contribution in [0, 0.1) is 11.3 Å². The van der Waals surface area contributed by atoms with E-state index in [1.54, 1.807) is 17.0 Å². The van der Waals surface area contributed by atoms with Crippen LogP contribution in [-0.4, -0.2) is 41.9 Å². The van der Waals surface area contributed by atoms with Gasteiger partial charge < -0.3 is 9.80 Å². The number of fused-ring (bicyclic) bond motifs is 1. The topological polar surface area (TPSA) is 47.3 Å². The van der Waals surface area contributed by atoms with Crippen molar-refractivity contribution in [2.75, 3.05) is 26.2 Å². The van der Waals surface area contributed by atoms with E-state index in [0.29, 0.717) is 22.7 Å². The molecule has 0 spiro atoms. The minimum atomic E-state index is -0.585. The molecule has 4 nitrogen and oxygen atoms in total. The molecule has 6 heteroatoms. The highest BCUT2D eigenvalue weighted by molar-refractivity contribution is 6.44. The zero-order chi connectivity index (χ0) is 15.6. The minimum absolute atomic E-state index is 0.212. The number of carbonyl (C=O) groups excluding carboxylic acids is 1. The van der Waals surface area contributed by atoms with Crippen LogP contribution in [0.1, 0.15) is 35.8 Å². The molecular formula is C15H17Cl2N3O. The Bertz CT molecular complexity index is 593. The lowest BCUT2D eigenvalue weighted by molar-refractivity contribution is 0.0738. The standard InChI is InChI=1S/C15H17Cl2N3O/c1-3-19(4-2)7-8-20-12(9-18)10-5-6-11(16)14(17)13(10)15(20)21/h5-6,12H,3-4,7-8H2,1-2H3. The van der Waals surface area contributed by atoms with Crippen LogP contribution in [-0.2, 0) is 0 Å². The Morgan fingerprint density at radius 2 is 2.00 bits per heavy atom. The molecule has 0 saturated heterocycles. The number of nitrogens with zero attached hydrogens (tertiary/aromatic N) is 3. The molecule has 1 aromatic rings. The van der Waals surface area contributed by atoms with Gasteiger partial charge in [-0.15, -0.1) is 0 Å². The van der Waals surface area contributed by atoms with Gasteiger partial charge in [0.1, 0.15) is 6.04 Å². The molecule has 0 bridgehead atoms. The van der Waals surface area contributed by atoms with E-state index in [0.717, 1.165) is 19.6 Å². The van der Waals surface area contributed by atoms with Crippen molar-refractivity contribution in [3.05, 3.63) is 33.3 Å². The number of likely N-dealkylation sites (N-methyl/N-ethyl adjacent to an activating group) is 1. The smallest absolute Gasteiger partial charge is 0.257 e. The molecule has 0 fully saturated rings. The van der Waals surface area contributed by atoms with Gasteiger partial charge in [-0.05, 0) is 19.2 Å². The second-order valence-corrected chi connectivity index (χ2v) is 5.67. The number of carbonyl (C=O) groups is 1. The summed E-state index contributed by atoms with van der Waals surface area (Å²) in [5, 5.41) is 9.99. The summed E-state index contributed by atoms with van der Waals surface area (Å²) in [6.07, 6.45) is 0.